The van der Waals surface area contributed by atoms with Crippen LogP contribution in [0.4, 0.5) is 0 Å². The molecule has 0 aromatic rings. The molecular weight excluding hydrogens is 182 g/mol. The summed E-state index contributed by atoms with van der Waals surface area (Å²) in [5, 5.41) is 16.1. The Morgan fingerprint density at radius 1 is 1.57 bits per heavy atom. The summed E-state index contributed by atoms with van der Waals surface area (Å²) in [6, 6.07) is 0. The van der Waals surface area contributed by atoms with E-state index in [0.717, 1.165) is 12.8 Å². The average molecular weight is 199 g/mol. The van der Waals surface area contributed by atoms with Gasteiger partial charge in [0.05, 0.1) is 5.92 Å². The van der Waals surface area contributed by atoms with Crippen LogP contribution in [0.3, 0.4) is 0 Å². The molecule has 80 valence electrons. The fourth-order valence-corrected chi connectivity index (χ4v) is 1.84. The van der Waals surface area contributed by atoms with E-state index < -0.39 is 5.97 Å². The summed E-state index contributed by atoms with van der Waals surface area (Å²) in [6.45, 7) is 3.16. The first-order valence-electron chi connectivity index (χ1n) is 4.84. The molecule has 1 aliphatic heterocycles. The topological polar surface area (TPSA) is 90.4 Å². The lowest BCUT2D eigenvalue weighted by Gasteiger charge is -2.33. The highest BCUT2D eigenvalue weighted by molar-refractivity contribution is 5.74. The second-order valence-electron chi connectivity index (χ2n) is 3.84. The molecule has 1 rings (SSSR count). The highest BCUT2D eigenvalue weighted by Crippen LogP contribution is 2.24. The van der Waals surface area contributed by atoms with E-state index in [9.17, 15) is 4.79 Å². The molecule has 0 saturated carbocycles. The van der Waals surface area contributed by atoms with Crippen molar-refractivity contribution < 1.29 is 9.90 Å². The van der Waals surface area contributed by atoms with Gasteiger partial charge < -0.3 is 15.7 Å². The first-order chi connectivity index (χ1) is 6.52. The molecule has 1 fully saturated rings. The number of likely N-dealkylation sites (tertiary alicyclic amines) is 1. The lowest BCUT2D eigenvalue weighted by molar-refractivity contribution is -0.143. The quantitative estimate of drug-likeness (QED) is 0.441. The van der Waals surface area contributed by atoms with E-state index >= 15 is 0 Å². The van der Waals surface area contributed by atoms with Gasteiger partial charge in [0.15, 0.2) is 5.96 Å². The summed E-state index contributed by atoms with van der Waals surface area (Å²) in [5.41, 5.74) is 5.34. The van der Waals surface area contributed by atoms with Crippen LogP contribution in [0.1, 0.15) is 19.8 Å². The maximum Gasteiger partial charge on any atom is 0.306 e. The molecule has 1 atom stereocenters. The van der Waals surface area contributed by atoms with Crippen molar-refractivity contribution >= 4 is 11.9 Å². The van der Waals surface area contributed by atoms with Gasteiger partial charge in [0.25, 0.3) is 0 Å². The zero-order chi connectivity index (χ0) is 10.7. The number of nitrogens with one attached hydrogen (secondary N) is 1. The normalized spacial score (nSPS) is 20.5. The van der Waals surface area contributed by atoms with Crippen molar-refractivity contribution in [2.75, 3.05) is 13.1 Å². The molecular formula is C9H17N3O2. The molecule has 0 radical (unpaired) electrons. The average Bonchev–Trinajstić information content (AvgIpc) is 2.16. The van der Waals surface area contributed by atoms with Crippen molar-refractivity contribution in [2.24, 2.45) is 17.6 Å². The van der Waals surface area contributed by atoms with Crippen LogP contribution in [0.2, 0.25) is 0 Å². The first kappa shape index (κ1) is 10.8. The van der Waals surface area contributed by atoms with E-state index in [0.29, 0.717) is 13.1 Å². The SMILES string of the molecule is C[C@@H](C(=O)O)C1CCN(C(=N)N)CC1. The molecule has 14 heavy (non-hydrogen) atoms. The molecule has 0 aliphatic carbocycles. The zero-order valence-corrected chi connectivity index (χ0v) is 8.36. The minimum absolute atomic E-state index is 0.0893. The Morgan fingerprint density at radius 2 is 2.07 bits per heavy atom. The van der Waals surface area contributed by atoms with Gasteiger partial charge in [-0.25, -0.2) is 0 Å². The summed E-state index contributed by atoms with van der Waals surface area (Å²) in [7, 11) is 0. The number of hydrogen-bond donors (Lipinski definition) is 3. The van der Waals surface area contributed by atoms with Crippen molar-refractivity contribution in [3.8, 4) is 0 Å². The summed E-state index contributed by atoms with van der Waals surface area (Å²) in [4.78, 5) is 12.5. The summed E-state index contributed by atoms with van der Waals surface area (Å²) in [6.07, 6.45) is 1.63. The van der Waals surface area contributed by atoms with Crippen LogP contribution < -0.4 is 5.73 Å². The number of carbonyl (C=O) groups is 1. The maximum absolute atomic E-state index is 10.7. The minimum atomic E-state index is -0.730. The van der Waals surface area contributed by atoms with Crippen molar-refractivity contribution in [2.45, 2.75) is 19.8 Å². The molecule has 0 aromatic heterocycles. The van der Waals surface area contributed by atoms with E-state index in [1.807, 2.05) is 0 Å². The minimum Gasteiger partial charge on any atom is -0.481 e. The molecule has 0 aromatic carbocycles. The van der Waals surface area contributed by atoms with Crippen LogP contribution in [0.15, 0.2) is 0 Å². The van der Waals surface area contributed by atoms with Gasteiger partial charge in [-0.1, -0.05) is 6.92 Å². The lowest BCUT2D eigenvalue weighted by Crippen LogP contribution is -2.43. The Bertz CT molecular complexity index is 234. The third kappa shape index (κ3) is 2.37. The third-order valence-corrected chi connectivity index (χ3v) is 2.98. The zero-order valence-electron chi connectivity index (χ0n) is 8.36. The largest absolute Gasteiger partial charge is 0.481 e. The van der Waals surface area contributed by atoms with E-state index in [1.165, 1.54) is 0 Å². The van der Waals surface area contributed by atoms with Crippen LogP contribution in [0, 0.1) is 17.2 Å². The summed E-state index contributed by atoms with van der Waals surface area (Å²) >= 11 is 0. The molecule has 0 amide bonds. The fourth-order valence-electron chi connectivity index (χ4n) is 1.84. The molecule has 0 bridgehead atoms. The van der Waals surface area contributed by atoms with Crippen molar-refractivity contribution in [3.63, 3.8) is 0 Å². The summed E-state index contributed by atoms with van der Waals surface area (Å²) in [5.74, 6) is -0.704. The number of aliphatic carboxylic acids is 1. The molecule has 0 spiro atoms. The number of piperidine rings is 1. The van der Waals surface area contributed by atoms with E-state index in [-0.39, 0.29) is 17.8 Å². The Balaban J connectivity index is 2.43. The molecule has 5 heteroatoms. The van der Waals surface area contributed by atoms with Gasteiger partial charge in [-0.3, -0.25) is 10.2 Å². The Hall–Kier alpha value is -1.26. The smallest absolute Gasteiger partial charge is 0.306 e. The number of nitrogens with zero attached hydrogens (tertiary/aromatic N) is 1. The molecule has 5 nitrogen and oxygen atoms in total. The third-order valence-electron chi connectivity index (χ3n) is 2.98. The van der Waals surface area contributed by atoms with Crippen LogP contribution in [0.25, 0.3) is 0 Å². The van der Waals surface area contributed by atoms with Gasteiger partial charge in [-0.15, -0.1) is 0 Å². The van der Waals surface area contributed by atoms with Crippen molar-refractivity contribution in [1.29, 1.82) is 5.41 Å². The number of nitrogens with two attached hydrogens (primary N) is 1. The van der Waals surface area contributed by atoms with Crippen LogP contribution in [0.5, 0.6) is 0 Å². The molecule has 1 heterocycles. The number of guanidine groups is 1. The number of carboxylic acids is 1. The van der Waals surface area contributed by atoms with Gasteiger partial charge in [-0.2, -0.15) is 0 Å². The molecule has 1 saturated heterocycles. The Kier molecular flexibility index (Phi) is 3.33. The molecule has 4 N–H and O–H groups in total. The number of carboxylic acid groups (broad SMARTS) is 1. The Morgan fingerprint density at radius 3 is 2.43 bits per heavy atom. The molecule has 1 aliphatic rings. The predicted octanol–water partition coefficient (Wildman–Crippen LogP) is 0.313. The first-order valence-corrected chi connectivity index (χ1v) is 4.84. The van der Waals surface area contributed by atoms with E-state index in [2.05, 4.69) is 0 Å². The van der Waals surface area contributed by atoms with Gasteiger partial charge >= 0.3 is 5.97 Å². The van der Waals surface area contributed by atoms with E-state index in [4.69, 9.17) is 16.2 Å². The van der Waals surface area contributed by atoms with Gasteiger partial charge in [-0.05, 0) is 18.8 Å². The maximum atomic E-state index is 10.7. The fraction of sp³-hybridized carbons (Fsp3) is 0.778. The monoisotopic (exact) mass is 199 g/mol. The van der Waals surface area contributed by atoms with Crippen molar-refractivity contribution in [3.05, 3.63) is 0 Å². The van der Waals surface area contributed by atoms with Crippen LogP contribution in [-0.2, 0) is 4.79 Å². The lowest BCUT2D eigenvalue weighted by atomic mass is 9.85. The second-order valence-corrected chi connectivity index (χ2v) is 3.84. The van der Waals surface area contributed by atoms with Crippen LogP contribution in [-0.4, -0.2) is 35.0 Å². The highest BCUT2D eigenvalue weighted by atomic mass is 16.4. The van der Waals surface area contributed by atoms with Gasteiger partial charge in [0, 0.05) is 13.1 Å². The van der Waals surface area contributed by atoms with Crippen LogP contribution >= 0.6 is 0 Å². The predicted molar refractivity (Wildman–Crippen MR) is 53.0 cm³/mol. The highest BCUT2D eigenvalue weighted by Gasteiger charge is 2.28. The summed E-state index contributed by atoms with van der Waals surface area (Å²) < 4.78 is 0. The standard InChI is InChI=1S/C9H17N3O2/c1-6(8(13)14)7-2-4-12(5-3-7)9(10)11/h6-7H,2-5H2,1H3,(H3,10,11)(H,13,14)/t6-/m1/s1. The number of rotatable bonds is 2. The number of hydrogen-bond acceptors (Lipinski definition) is 2. The second kappa shape index (κ2) is 4.30. The van der Waals surface area contributed by atoms with Crippen molar-refractivity contribution in [1.82, 2.24) is 4.90 Å². The van der Waals surface area contributed by atoms with E-state index in [1.54, 1.807) is 11.8 Å². The molecule has 0 unspecified atom stereocenters. The van der Waals surface area contributed by atoms with Gasteiger partial charge in [0.2, 0.25) is 0 Å². The van der Waals surface area contributed by atoms with Gasteiger partial charge in [0.1, 0.15) is 0 Å². The Labute approximate surface area is 83.4 Å².